The molecule has 1 atom stereocenters. The van der Waals surface area contributed by atoms with Gasteiger partial charge in [-0.3, -0.25) is 13.9 Å². The van der Waals surface area contributed by atoms with Crippen molar-refractivity contribution in [1.29, 1.82) is 0 Å². The van der Waals surface area contributed by atoms with Gasteiger partial charge < -0.3 is 10.2 Å². The van der Waals surface area contributed by atoms with Gasteiger partial charge in [-0.25, -0.2) is 8.42 Å². The number of carbonyl (C=O) groups is 2. The molecule has 8 heteroatoms. The third-order valence-electron chi connectivity index (χ3n) is 7.19. The summed E-state index contributed by atoms with van der Waals surface area (Å²) in [5.74, 6) is -0.756. The van der Waals surface area contributed by atoms with Gasteiger partial charge in [0, 0.05) is 19.5 Å². The van der Waals surface area contributed by atoms with Crippen molar-refractivity contribution in [2.24, 2.45) is 0 Å². The zero-order valence-corrected chi connectivity index (χ0v) is 25.8. The highest BCUT2D eigenvalue weighted by molar-refractivity contribution is 7.92. The molecular formula is C35H39N3O4S. The lowest BCUT2D eigenvalue weighted by Crippen LogP contribution is -2.53. The molecule has 1 N–H and O–H groups in total. The fourth-order valence-corrected chi connectivity index (χ4v) is 6.32. The summed E-state index contributed by atoms with van der Waals surface area (Å²) in [4.78, 5) is 29.7. The van der Waals surface area contributed by atoms with Gasteiger partial charge in [0.2, 0.25) is 11.8 Å². The Kier molecular flexibility index (Phi) is 10.7. The van der Waals surface area contributed by atoms with Crippen LogP contribution in [0.15, 0.2) is 114 Å². The SMILES string of the molecule is CCCNC(=O)C(Cc1ccccc1)N(Cc1cccc(C)c1)C(=O)CN(c1ccc(C)cc1)S(=O)(=O)c1ccccc1. The van der Waals surface area contributed by atoms with E-state index in [1.807, 2.05) is 87.5 Å². The topological polar surface area (TPSA) is 86.8 Å². The van der Waals surface area contributed by atoms with Crippen molar-refractivity contribution in [1.82, 2.24) is 10.2 Å². The van der Waals surface area contributed by atoms with Gasteiger partial charge in [0.05, 0.1) is 10.6 Å². The van der Waals surface area contributed by atoms with Crippen molar-refractivity contribution in [3.63, 3.8) is 0 Å². The van der Waals surface area contributed by atoms with Gasteiger partial charge in [-0.15, -0.1) is 0 Å². The Morgan fingerprint density at radius 1 is 0.767 bits per heavy atom. The largest absolute Gasteiger partial charge is 0.354 e. The Balaban J connectivity index is 1.78. The Bertz CT molecular complexity index is 1610. The first-order valence-corrected chi connectivity index (χ1v) is 15.9. The molecule has 0 bridgehead atoms. The monoisotopic (exact) mass is 597 g/mol. The summed E-state index contributed by atoms with van der Waals surface area (Å²) in [6, 6.07) is 31.6. The minimum absolute atomic E-state index is 0.0788. The van der Waals surface area contributed by atoms with Crippen LogP contribution >= 0.6 is 0 Å². The molecule has 4 rings (SSSR count). The molecule has 0 saturated carbocycles. The maximum atomic E-state index is 14.4. The number of aryl methyl sites for hydroxylation is 2. The van der Waals surface area contributed by atoms with E-state index in [2.05, 4.69) is 5.32 Å². The minimum Gasteiger partial charge on any atom is -0.354 e. The number of nitrogens with one attached hydrogen (secondary N) is 1. The molecule has 0 aromatic heterocycles. The first kappa shape index (κ1) is 31.5. The van der Waals surface area contributed by atoms with Crippen molar-refractivity contribution in [2.75, 3.05) is 17.4 Å². The second-order valence-electron chi connectivity index (χ2n) is 10.7. The quantitative estimate of drug-likeness (QED) is 0.215. The molecule has 7 nitrogen and oxygen atoms in total. The van der Waals surface area contributed by atoms with E-state index in [4.69, 9.17) is 0 Å². The zero-order valence-electron chi connectivity index (χ0n) is 24.9. The number of anilines is 1. The summed E-state index contributed by atoms with van der Waals surface area (Å²) >= 11 is 0. The molecule has 4 aromatic rings. The van der Waals surface area contributed by atoms with Crippen molar-refractivity contribution < 1.29 is 18.0 Å². The van der Waals surface area contributed by atoms with Crippen LogP contribution in [0.25, 0.3) is 0 Å². The highest BCUT2D eigenvalue weighted by atomic mass is 32.2. The average molecular weight is 598 g/mol. The van der Waals surface area contributed by atoms with E-state index in [-0.39, 0.29) is 23.8 Å². The van der Waals surface area contributed by atoms with Crippen LogP contribution in [-0.4, -0.2) is 44.3 Å². The summed E-state index contributed by atoms with van der Waals surface area (Å²) in [7, 11) is -4.11. The van der Waals surface area contributed by atoms with E-state index in [1.54, 1.807) is 30.3 Å². The molecule has 2 amide bonds. The summed E-state index contributed by atoms with van der Waals surface area (Å²) in [5, 5.41) is 2.97. The Hall–Kier alpha value is -4.43. The number of carbonyl (C=O) groups excluding carboxylic acids is 2. The van der Waals surface area contributed by atoms with Crippen LogP contribution < -0.4 is 9.62 Å². The van der Waals surface area contributed by atoms with Crippen LogP contribution in [0.4, 0.5) is 5.69 Å². The van der Waals surface area contributed by atoms with Gasteiger partial charge in [-0.2, -0.15) is 0 Å². The third kappa shape index (κ3) is 8.32. The van der Waals surface area contributed by atoms with Crippen LogP contribution in [0, 0.1) is 13.8 Å². The predicted octanol–water partition coefficient (Wildman–Crippen LogP) is 5.67. The second-order valence-corrected chi connectivity index (χ2v) is 12.5. The molecule has 4 aromatic carbocycles. The molecule has 0 aliphatic heterocycles. The smallest absolute Gasteiger partial charge is 0.264 e. The van der Waals surface area contributed by atoms with Gasteiger partial charge in [0.1, 0.15) is 12.6 Å². The van der Waals surface area contributed by atoms with Crippen LogP contribution in [0.2, 0.25) is 0 Å². The van der Waals surface area contributed by atoms with Crippen molar-refractivity contribution in [3.8, 4) is 0 Å². The fraction of sp³-hybridized carbons (Fsp3) is 0.257. The lowest BCUT2D eigenvalue weighted by molar-refractivity contribution is -0.140. The molecule has 1 unspecified atom stereocenters. The number of hydrogen-bond donors (Lipinski definition) is 1. The summed E-state index contributed by atoms with van der Waals surface area (Å²) in [6.45, 7) is 5.99. The minimum atomic E-state index is -4.11. The van der Waals surface area contributed by atoms with Crippen molar-refractivity contribution >= 4 is 27.5 Å². The van der Waals surface area contributed by atoms with Gasteiger partial charge in [0.25, 0.3) is 10.0 Å². The van der Waals surface area contributed by atoms with Gasteiger partial charge in [0.15, 0.2) is 0 Å². The lowest BCUT2D eigenvalue weighted by Gasteiger charge is -2.34. The number of sulfonamides is 1. The molecule has 0 radical (unpaired) electrons. The van der Waals surface area contributed by atoms with E-state index in [1.165, 1.54) is 17.0 Å². The maximum absolute atomic E-state index is 14.4. The van der Waals surface area contributed by atoms with Crippen LogP contribution in [-0.2, 0) is 32.6 Å². The molecule has 0 aliphatic rings. The Morgan fingerprint density at radius 2 is 1.40 bits per heavy atom. The third-order valence-corrected chi connectivity index (χ3v) is 8.98. The van der Waals surface area contributed by atoms with Crippen molar-refractivity contribution in [3.05, 3.63) is 131 Å². The summed E-state index contributed by atoms with van der Waals surface area (Å²) in [5.41, 5.74) is 4.10. The van der Waals surface area contributed by atoms with Gasteiger partial charge in [-0.05, 0) is 55.7 Å². The van der Waals surface area contributed by atoms with E-state index in [9.17, 15) is 18.0 Å². The normalized spacial score (nSPS) is 11.9. The Labute approximate surface area is 255 Å². The van der Waals surface area contributed by atoms with Gasteiger partial charge >= 0.3 is 0 Å². The summed E-state index contributed by atoms with van der Waals surface area (Å²) in [6.07, 6.45) is 1.02. The second kappa shape index (κ2) is 14.6. The van der Waals surface area contributed by atoms with E-state index in [0.29, 0.717) is 12.2 Å². The molecule has 0 spiro atoms. The van der Waals surface area contributed by atoms with E-state index in [0.717, 1.165) is 33.0 Å². The van der Waals surface area contributed by atoms with Crippen molar-refractivity contribution in [2.45, 2.75) is 51.1 Å². The van der Waals surface area contributed by atoms with E-state index < -0.39 is 28.5 Å². The van der Waals surface area contributed by atoms with Gasteiger partial charge in [-0.1, -0.05) is 103 Å². The average Bonchev–Trinajstić information content (AvgIpc) is 3.01. The maximum Gasteiger partial charge on any atom is 0.264 e. The van der Waals surface area contributed by atoms with Crippen LogP contribution in [0.3, 0.4) is 0 Å². The zero-order chi connectivity index (χ0) is 30.8. The number of nitrogens with zero attached hydrogens (tertiary/aromatic N) is 2. The first-order valence-electron chi connectivity index (χ1n) is 14.5. The van der Waals surface area contributed by atoms with E-state index >= 15 is 0 Å². The predicted molar refractivity (Wildman–Crippen MR) is 171 cm³/mol. The molecule has 43 heavy (non-hydrogen) atoms. The standard InChI is InChI=1S/C35H39N3O4S/c1-4-22-36-35(40)33(24-29-13-7-5-8-14-29)37(25-30-15-11-12-28(3)23-30)34(39)26-38(31-20-18-27(2)19-21-31)43(41,42)32-16-9-6-10-17-32/h5-21,23,33H,4,22,24-26H2,1-3H3,(H,36,40). The fourth-order valence-electron chi connectivity index (χ4n) is 4.89. The molecular weight excluding hydrogens is 558 g/mol. The number of amides is 2. The lowest BCUT2D eigenvalue weighted by atomic mass is 10.0. The molecule has 0 heterocycles. The first-order chi connectivity index (χ1) is 20.7. The summed E-state index contributed by atoms with van der Waals surface area (Å²) < 4.78 is 29.1. The number of hydrogen-bond acceptors (Lipinski definition) is 4. The highest BCUT2D eigenvalue weighted by Gasteiger charge is 2.34. The van der Waals surface area contributed by atoms with Crippen LogP contribution in [0.1, 0.15) is 35.6 Å². The Morgan fingerprint density at radius 3 is 2.02 bits per heavy atom. The number of benzene rings is 4. The molecule has 0 fully saturated rings. The highest BCUT2D eigenvalue weighted by Crippen LogP contribution is 2.25. The number of rotatable bonds is 13. The molecule has 0 aliphatic carbocycles. The molecule has 224 valence electrons. The molecule has 0 saturated heterocycles. The van der Waals surface area contributed by atoms with Crippen LogP contribution in [0.5, 0.6) is 0 Å².